The summed E-state index contributed by atoms with van der Waals surface area (Å²) in [5.41, 5.74) is 1.14. The van der Waals surface area contributed by atoms with E-state index < -0.39 is 11.7 Å². The Hall–Kier alpha value is -3.55. The molecule has 0 N–H and O–H groups in total. The molecule has 32 heavy (non-hydrogen) atoms. The summed E-state index contributed by atoms with van der Waals surface area (Å²) < 4.78 is 39.0. The molecular weight excluding hydrogens is 419 g/mol. The number of carbonyl (C=O) groups excluding carboxylic acids is 2. The molecule has 0 aliphatic carbocycles. The van der Waals surface area contributed by atoms with Crippen molar-refractivity contribution < 1.29 is 22.8 Å². The van der Waals surface area contributed by atoms with E-state index in [1.807, 2.05) is 35.2 Å². The van der Waals surface area contributed by atoms with Crippen LogP contribution in [0.15, 0.2) is 60.7 Å². The molecule has 5 nitrogen and oxygen atoms in total. The molecule has 2 aliphatic heterocycles. The highest BCUT2D eigenvalue weighted by Gasteiger charge is 2.33. The van der Waals surface area contributed by atoms with Gasteiger partial charge in [-0.15, -0.1) is 0 Å². The lowest BCUT2D eigenvalue weighted by molar-refractivity contribution is -0.137. The van der Waals surface area contributed by atoms with Crippen molar-refractivity contribution in [3.8, 4) is 0 Å². The molecule has 3 aromatic rings. The highest BCUT2D eigenvalue weighted by atomic mass is 19.4. The molecule has 0 radical (unpaired) electrons. The molecule has 0 aromatic heterocycles. The van der Waals surface area contributed by atoms with Gasteiger partial charge in [-0.3, -0.25) is 14.5 Å². The second-order valence-corrected chi connectivity index (χ2v) is 7.99. The van der Waals surface area contributed by atoms with Crippen LogP contribution in [0.3, 0.4) is 0 Å². The van der Waals surface area contributed by atoms with Crippen LogP contribution in [0.5, 0.6) is 0 Å². The fourth-order valence-corrected chi connectivity index (χ4v) is 4.46. The maximum absolute atomic E-state index is 13.0. The van der Waals surface area contributed by atoms with Gasteiger partial charge in [0, 0.05) is 42.8 Å². The minimum Gasteiger partial charge on any atom is -0.368 e. The first kappa shape index (κ1) is 20.4. The molecule has 8 heteroatoms. The third-order valence-electron chi connectivity index (χ3n) is 6.11. The first-order valence-electron chi connectivity index (χ1n) is 10.4. The third kappa shape index (κ3) is 3.45. The number of carbonyl (C=O) groups is 2. The molecule has 0 saturated carbocycles. The van der Waals surface area contributed by atoms with E-state index in [9.17, 15) is 22.8 Å². The van der Waals surface area contributed by atoms with Gasteiger partial charge in [0.05, 0.1) is 11.3 Å². The number of hydrogen-bond acceptors (Lipinski definition) is 3. The van der Waals surface area contributed by atoms with Crippen molar-refractivity contribution in [3.05, 3.63) is 71.8 Å². The van der Waals surface area contributed by atoms with Gasteiger partial charge in [0.2, 0.25) is 5.91 Å². The molecule has 164 valence electrons. The highest BCUT2D eigenvalue weighted by Crippen LogP contribution is 2.37. The Morgan fingerprint density at radius 1 is 0.906 bits per heavy atom. The van der Waals surface area contributed by atoms with Crippen molar-refractivity contribution in [2.24, 2.45) is 0 Å². The zero-order valence-corrected chi connectivity index (χ0v) is 17.1. The largest absolute Gasteiger partial charge is 0.416 e. The molecular formula is C24H20F3N3O2. The summed E-state index contributed by atoms with van der Waals surface area (Å²) in [4.78, 5) is 30.9. The van der Waals surface area contributed by atoms with Gasteiger partial charge in [0.1, 0.15) is 6.54 Å². The first-order chi connectivity index (χ1) is 15.3. The minimum absolute atomic E-state index is 0.0593. The van der Waals surface area contributed by atoms with E-state index >= 15 is 0 Å². The van der Waals surface area contributed by atoms with E-state index in [0.717, 1.165) is 28.6 Å². The van der Waals surface area contributed by atoms with Crippen molar-refractivity contribution >= 4 is 34.0 Å². The number of benzene rings is 3. The lowest BCUT2D eigenvalue weighted by atomic mass is 10.1. The molecule has 1 saturated heterocycles. The molecule has 2 aliphatic rings. The van der Waals surface area contributed by atoms with Crippen LogP contribution in [-0.4, -0.2) is 49.4 Å². The average Bonchev–Trinajstić information content (AvgIpc) is 3.07. The Balaban J connectivity index is 1.26. The lowest BCUT2D eigenvalue weighted by Crippen LogP contribution is -2.51. The monoisotopic (exact) mass is 439 g/mol. The normalized spacial score (nSPS) is 16.2. The number of alkyl halides is 3. The summed E-state index contributed by atoms with van der Waals surface area (Å²) in [6, 6.07) is 16.4. The van der Waals surface area contributed by atoms with Gasteiger partial charge in [-0.2, -0.15) is 13.2 Å². The molecule has 2 heterocycles. The van der Waals surface area contributed by atoms with Crippen molar-refractivity contribution in [2.45, 2.75) is 6.18 Å². The fraction of sp³-hybridized carbons (Fsp3) is 0.250. The van der Waals surface area contributed by atoms with Gasteiger partial charge in [-0.1, -0.05) is 30.3 Å². The number of rotatable bonds is 3. The predicted molar refractivity (Wildman–Crippen MR) is 116 cm³/mol. The summed E-state index contributed by atoms with van der Waals surface area (Å²) in [6.07, 6.45) is -4.39. The number of halogens is 3. The van der Waals surface area contributed by atoms with Crippen LogP contribution in [-0.2, 0) is 11.0 Å². The van der Waals surface area contributed by atoms with Gasteiger partial charge in [0.15, 0.2) is 0 Å². The van der Waals surface area contributed by atoms with Crippen LogP contribution in [0.1, 0.15) is 15.9 Å². The molecule has 2 amide bonds. The zero-order valence-electron chi connectivity index (χ0n) is 17.1. The van der Waals surface area contributed by atoms with Gasteiger partial charge in [-0.05, 0) is 35.7 Å². The number of piperazine rings is 1. The van der Waals surface area contributed by atoms with Gasteiger partial charge in [-0.25, -0.2) is 0 Å². The maximum Gasteiger partial charge on any atom is 0.416 e. The number of amides is 2. The van der Waals surface area contributed by atoms with Crippen molar-refractivity contribution in [3.63, 3.8) is 0 Å². The van der Waals surface area contributed by atoms with Crippen molar-refractivity contribution in [1.82, 2.24) is 4.90 Å². The maximum atomic E-state index is 13.0. The van der Waals surface area contributed by atoms with Crippen LogP contribution < -0.4 is 9.80 Å². The summed E-state index contributed by atoms with van der Waals surface area (Å²) in [6.45, 7) is 1.56. The van der Waals surface area contributed by atoms with Crippen LogP contribution in [0.25, 0.3) is 10.8 Å². The zero-order chi connectivity index (χ0) is 22.5. The topological polar surface area (TPSA) is 43.9 Å². The number of hydrogen-bond donors (Lipinski definition) is 0. The highest BCUT2D eigenvalue weighted by molar-refractivity contribution is 6.26. The van der Waals surface area contributed by atoms with E-state index in [1.54, 1.807) is 17.0 Å². The van der Waals surface area contributed by atoms with Crippen molar-refractivity contribution in [2.75, 3.05) is 42.5 Å². The van der Waals surface area contributed by atoms with Crippen molar-refractivity contribution in [1.29, 1.82) is 0 Å². The van der Waals surface area contributed by atoms with E-state index in [-0.39, 0.29) is 18.4 Å². The van der Waals surface area contributed by atoms with E-state index in [2.05, 4.69) is 0 Å². The standard InChI is InChI=1S/C24H20F3N3O2/c25-24(26,27)17-6-3-7-18(14-17)28-10-12-29(13-11-28)21(31)15-30-20-9-2-5-16-4-1-8-19(22(16)20)23(30)32/h1-9,14H,10-13,15H2. The third-order valence-corrected chi connectivity index (χ3v) is 6.11. The Morgan fingerprint density at radius 2 is 1.59 bits per heavy atom. The molecule has 0 unspecified atom stereocenters. The quantitative estimate of drug-likeness (QED) is 0.616. The summed E-state index contributed by atoms with van der Waals surface area (Å²) in [7, 11) is 0. The van der Waals surface area contributed by atoms with Crippen LogP contribution >= 0.6 is 0 Å². The molecule has 3 aromatic carbocycles. The molecule has 5 rings (SSSR count). The van der Waals surface area contributed by atoms with Gasteiger partial charge >= 0.3 is 6.18 Å². The Labute approximate surface area is 182 Å². The Bertz CT molecular complexity index is 1210. The van der Waals surface area contributed by atoms with Crippen LogP contribution in [0.2, 0.25) is 0 Å². The SMILES string of the molecule is O=C(CN1C(=O)c2cccc3cccc1c23)N1CCN(c2cccc(C(F)(F)F)c2)CC1. The second-order valence-electron chi connectivity index (χ2n) is 7.99. The molecule has 0 atom stereocenters. The smallest absolute Gasteiger partial charge is 0.368 e. The molecule has 1 fully saturated rings. The molecule has 0 bridgehead atoms. The summed E-state index contributed by atoms with van der Waals surface area (Å²) >= 11 is 0. The van der Waals surface area contributed by atoms with E-state index in [1.165, 1.54) is 11.0 Å². The number of nitrogens with zero attached hydrogens (tertiary/aromatic N) is 3. The second kappa shape index (κ2) is 7.55. The molecule has 0 spiro atoms. The van der Waals surface area contributed by atoms with E-state index in [0.29, 0.717) is 37.4 Å². The predicted octanol–water partition coefficient (Wildman–Crippen LogP) is 4.17. The summed E-state index contributed by atoms with van der Waals surface area (Å²) in [5.74, 6) is -0.361. The number of anilines is 2. The Morgan fingerprint density at radius 3 is 2.31 bits per heavy atom. The summed E-state index contributed by atoms with van der Waals surface area (Å²) in [5, 5.41) is 1.82. The lowest BCUT2D eigenvalue weighted by Gasteiger charge is -2.37. The Kier molecular flexibility index (Phi) is 4.80. The first-order valence-corrected chi connectivity index (χ1v) is 10.4. The average molecular weight is 439 g/mol. The van der Waals surface area contributed by atoms with Crippen LogP contribution in [0.4, 0.5) is 24.5 Å². The minimum atomic E-state index is -4.39. The van der Waals surface area contributed by atoms with Crippen LogP contribution in [0, 0.1) is 0 Å². The fourth-order valence-electron chi connectivity index (χ4n) is 4.46. The van der Waals surface area contributed by atoms with Gasteiger partial charge in [0.25, 0.3) is 5.91 Å². The van der Waals surface area contributed by atoms with Gasteiger partial charge < -0.3 is 9.80 Å². The van der Waals surface area contributed by atoms with E-state index in [4.69, 9.17) is 0 Å².